The summed E-state index contributed by atoms with van der Waals surface area (Å²) in [6.45, 7) is 3.29. The van der Waals surface area contributed by atoms with Crippen LogP contribution in [0.3, 0.4) is 0 Å². The second kappa shape index (κ2) is 12.3. The molecular weight excluding hydrogens is 468 g/mol. The van der Waals surface area contributed by atoms with Gasteiger partial charge in [-0.2, -0.15) is 0 Å². The van der Waals surface area contributed by atoms with Gasteiger partial charge in [0.2, 0.25) is 0 Å². The molecule has 8 nitrogen and oxygen atoms in total. The lowest BCUT2D eigenvalue weighted by Gasteiger charge is -2.29. The fourth-order valence-corrected chi connectivity index (χ4v) is 4.72. The molecule has 3 N–H and O–H groups in total. The topological polar surface area (TPSA) is 113 Å². The molecule has 1 aliphatic carbocycles. The number of nitrogens with zero attached hydrogens (tertiary/aromatic N) is 2. The van der Waals surface area contributed by atoms with Crippen LogP contribution in [0.15, 0.2) is 54.6 Å². The van der Waals surface area contributed by atoms with E-state index in [1.165, 1.54) is 11.1 Å². The zero-order valence-corrected chi connectivity index (χ0v) is 21.4. The largest absolute Gasteiger partial charge is 0.504 e. The van der Waals surface area contributed by atoms with E-state index >= 15 is 0 Å². The summed E-state index contributed by atoms with van der Waals surface area (Å²) in [6, 6.07) is 19.3. The second-order valence-electron chi connectivity index (χ2n) is 9.42. The Labute approximate surface area is 217 Å². The number of anilines is 1. The minimum absolute atomic E-state index is 0.110. The highest BCUT2D eigenvalue weighted by molar-refractivity contribution is 5.96. The molecule has 194 valence electrons. The molecule has 2 aromatic carbocycles. The Hall–Kier alpha value is -3.94. The number of carbonyl (C=O) groups is 2. The lowest BCUT2D eigenvalue weighted by atomic mass is 9.84. The van der Waals surface area contributed by atoms with Crippen molar-refractivity contribution in [2.45, 2.75) is 52.0 Å². The average molecular weight is 503 g/mol. The number of nitrogens with one attached hydrogen (secondary N) is 2. The number of rotatable bonds is 9. The average Bonchev–Trinajstić information content (AvgIpc) is 2.91. The summed E-state index contributed by atoms with van der Waals surface area (Å²) < 4.78 is 4.82. The Balaban J connectivity index is 1.30. The third kappa shape index (κ3) is 7.06. The predicted molar refractivity (Wildman–Crippen MR) is 142 cm³/mol. The van der Waals surface area contributed by atoms with Gasteiger partial charge in [0, 0.05) is 18.2 Å². The number of aryl methyl sites for hydroxylation is 1. The lowest BCUT2D eigenvalue weighted by Crippen LogP contribution is -2.32. The van der Waals surface area contributed by atoms with Gasteiger partial charge < -0.3 is 20.5 Å². The number of carbonyl (C=O) groups excluding carboxylic acids is 2. The van der Waals surface area contributed by atoms with Crippen molar-refractivity contribution in [2.75, 3.05) is 18.5 Å². The van der Waals surface area contributed by atoms with Crippen molar-refractivity contribution in [2.24, 2.45) is 5.92 Å². The fourth-order valence-electron chi connectivity index (χ4n) is 4.72. The highest BCUT2D eigenvalue weighted by atomic mass is 16.5. The molecule has 0 bridgehead atoms. The van der Waals surface area contributed by atoms with Crippen LogP contribution in [0.25, 0.3) is 11.1 Å². The molecular formula is C29H34N4O4. The molecule has 3 aromatic rings. The van der Waals surface area contributed by atoms with Gasteiger partial charge >= 0.3 is 5.97 Å². The Morgan fingerprint density at radius 1 is 0.973 bits per heavy atom. The predicted octanol–water partition coefficient (Wildman–Crippen LogP) is 4.66. The van der Waals surface area contributed by atoms with E-state index < -0.39 is 11.9 Å². The first-order valence-electron chi connectivity index (χ1n) is 12.8. The molecule has 0 spiro atoms. The van der Waals surface area contributed by atoms with Gasteiger partial charge in [0.1, 0.15) is 12.4 Å². The highest BCUT2D eigenvalue weighted by Gasteiger charge is 2.24. The smallest absolute Gasteiger partial charge is 0.325 e. The molecule has 0 atom stereocenters. The van der Waals surface area contributed by atoms with E-state index in [9.17, 15) is 14.7 Å². The van der Waals surface area contributed by atoms with Crippen molar-refractivity contribution in [3.8, 4) is 16.9 Å². The monoisotopic (exact) mass is 502 g/mol. The lowest BCUT2D eigenvalue weighted by molar-refractivity contribution is -0.141. The quantitative estimate of drug-likeness (QED) is 0.365. The van der Waals surface area contributed by atoms with E-state index in [0.29, 0.717) is 29.9 Å². The number of benzene rings is 2. The van der Waals surface area contributed by atoms with Crippen LogP contribution < -0.4 is 10.6 Å². The van der Waals surface area contributed by atoms with Crippen molar-refractivity contribution >= 4 is 17.6 Å². The third-order valence-electron chi connectivity index (χ3n) is 6.70. The summed E-state index contributed by atoms with van der Waals surface area (Å²) in [6.07, 6.45) is 4.75. The second-order valence-corrected chi connectivity index (χ2v) is 9.42. The number of hydrogen-bond acceptors (Lipinski definition) is 7. The van der Waals surface area contributed by atoms with Gasteiger partial charge in [-0.1, -0.05) is 42.5 Å². The van der Waals surface area contributed by atoms with Crippen molar-refractivity contribution in [3.05, 3.63) is 71.8 Å². The number of ether oxygens (including phenoxy) is 1. The number of amides is 1. The Bertz CT molecular complexity index is 1210. The maximum Gasteiger partial charge on any atom is 0.325 e. The van der Waals surface area contributed by atoms with Gasteiger partial charge in [-0.05, 0) is 68.7 Å². The molecule has 0 aliphatic heterocycles. The number of aromatic hydroxyl groups is 1. The van der Waals surface area contributed by atoms with Gasteiger partial charge in [0.15, 0.2) is 11.4 Å². The van der Waals surface area contributed by atoms with Crippen LogP contribution in [0.5, 0.6) is 5.75 Å². The Morgan fingerprint density at radius 2 is 1.65 bits per heavy atom. The molecule has 0 unspecified atom stereocenters. The van der Waals surface area contributed by atoms with Crippen LogP contribution in [0.4, 0.5) is 5.69 Å². The number of aromatic nitrogens is 2. The van der Waals surface area contributed by atoms with Gasteiger partial charge in [-0.15, -0.1) is 0 Å². The van der Waals surface area contributed by atoms with Crippen molar-refractivity contribution in [3.63, 3.8) is 0 Å². The Kier molecular flexibility index (Phi) is 8.72. The Morgan fingerprint density at radius 3 is 2.32 bits per heavy atom. The third-order valence-corrected chi connectivity index (χ3v) is 6.70. The normalized spacial score (nSPS) is 17.1. The fraction of sp³-hybridized carbons (Fsp3) is 0.379. The molecule has 1 fully saturated rings. The first-order valence-corrected chi connectivity index (χ1v) is 12.8. The van der Waals surface area contributed by atoms with E-state index in [1.807, 2.05) is 18.2 Å². The van der Waals surface area contributed by atoms with Crippen molar-refractivity contribution in [1.29, 1.82) is 0 Å². The molecule has 4 rings (SSSR count). The first-order chi connectivity index (χ1) is 17.9. The first kappa shape index (κ1) is 26.1. The summed E-state index contributed by atoms with van der Waals surface area (Å²) in [5.74, 6) is -0.499. The standard InChI is InChI=1S/C29H34N4O4/c1-3-37-26(34)18-30-29(36)27-28(35)19(2)31-25(33-27)17-20-9-13-23(14-10-20)32-24-15-11-22(12-16-24)21-7-5-4-6-8-21/h4-8,11-12,15-16,20,23,32,35H,3,9-10,13-14,17-18H2,1-2H3,(H,30,36). The van der Waals surface area contributed by atoms with Crippen LogP contribution in [-0.4, -0.2) is 46.1 Å². The maximum atomic E-state index is 12.5. The minimum atomic E-state index is -0.622. The maximum absolute atomic E-state index is 12.5. The summed E-state index contributed by atoms with van der Waals surface area (Å²) >= 11 is 0. The van der Waals surface area contributed by atoms with Gasteiger partial charge in [-0.25, -0.2) is 9.97 Å². The zero-order chi connectivity index (χ0) is 26.2. The van der Waals surface area contributed by atoms with Crippen LogP contribution in [-0.2, 0) is 16.0 Å². The van der Waals surface area contributed by atoms with Crippen LogP contribution in [0.2, 0.25) is 0 Å². The van der Waals surface area contributed by atoms with Gasteiger partial charge in [-0.3, -0.25) is 9.59 Å². The summed E-state index contributed by atoms with van der Waals surface area (Å²) in [5, 5.41) is 16.4. The molecule has 1 aromatic heterocycles. The molecule has 1 amide bonds. The van der Waals surface area contributed by atoms with Crippen molar-refractivity contribution in [1.82, 2.24) is 15.3 Å². The van der Waals surface area contributed by atoms with E-state index in [-0.39, 0.29) is 24.6 Å². The van der Waals surface area contributed by atoms with E-state index in [4.69, 9.17) is 4.74 Å². The number of hydrogen-bond donors (Lipinski definition) is 3. The molecule has 0 radical (unpaired) electrons. The molecule has 1 heterocycles. The minimum Gasteiger partial charge on any atom is -0.504 e. The summed E-state index contributed by atoms with van der Waals surface area (Å²) in [5.41, 5.74) is 3.77. The molecule has 8 heteroatoms. The highest BCUT2D eigenvalue weighted by Crippen LogP contribution is 2.30. The molecule has 0 saturated heterocycles. The van der Waals surface area contributed by atoms with Crippen LogP contribution in [0.1, 0.15) is 54.6 Å². The zero-order valence-electron chi connectivity index (χ0n) is 21.4. The summed E-state index contributed by atoms with van der Waals surface area (Å²) in [4.78, 5) is 32.8. The van der Waals surface area contributed by atoms with Gasteiger partial charge in [0.25, 0.3) is 5.91 Å². The van der Waals surface area contributed by atoms with E-state index in [1.54, 1.807) is 13.8 Å². The SMILES string of the molecule is CCOC(=O)CNC(=O)c1nc(CC2CCC(Nc3ccc(-c4ccccc4)cc3)CC2)nc(C)c1O. The number of esters is 1. The van der Waals surface area contributed by atoms with Crippen molar-refractivity contribution < 1.29 is 19.4 Å². The summed E-state index contributed by atoms with van der Waals surface area (Å²) in [7, 11) is 0. The molecule has 1 aliphatic rings. The van der Waals surface area contributed by atoms with Gasteiger partial charge in [0.05, 0.1) is 12.3 Å². The van der Waals surface area contributed by atoms with E-state index in [2.05, 4.69) is 57.0 Å². The molecule has 37 heavy (non-hydrogen) atoms. The van der Waals surface area contributed by atoms with Crippen LogP contribution >= 0.6 is 0 Å². The van der Waals surface area contributed by atoms with E-state index in [0.717, 1.165) is 31.4 Å². The molecule has 1 saturated carbocycles. The van der Waals surface area contributed by atoms with Crippen LogP contribution in [0, 0.1) is 12.8 Å².